The van der Waals surface area contributed by atoms with Gasteiger partial charge in [-0.3, -0.25) is 20.0 Å². The molecule has 106 valence electrons. The molecule has 0 saturated carbocycles. The van der Waals surface area contributed by atoms with Crippen LogP contribution >= 0.6 is 0 Å². The zero-order valence-corrected chi connectivity index (χ0v) is 10.9. The van der Waals surface area contributed by atoms with Crippen molar-refractivity contribution in [1.82, 2.24) is 10.3 Å². The molecule has 0 radical (unpaired) electrons. The molecule has 21 heavy (non-hydrogen) atoms. The van der Waals surface area contributed by atoms with Crippen molar-refractivity contribution >= 4 is 34.5 Å². The molecule has 1 saturated heterocycles. The van der Waals surface area contributed by atoms with E-state index in [2.05, 4.69) is 10.3 Å². The first-order valence-electron chi connectivity index (χ1n) is 6.30. The first-order valence-corrected chi connectivity index (χ1v) is 6.30. The third kappa shape index (κ3) is 2.18. The lowest BCUT2D eigenvalue weighted by molar-refractivity contribution is -0.120. The molecule has 0 atom stereocenters. The molecule has 2 N–H and O–H groups in total. The number of amides is 3. The monoisotopic (exact) mass is 285 g/mol. The second-order valence-corrected chi connectivity index (χ2v) is 4.59. The van der Waals surface area contributed by atoms with Gasteiger partial charge in [-0.1, -0.05) is 0 Å². The van der Waals surface area contributed by atoms with Crippen molar-refractivity contribution in [2.24, 2.45) is 0 Å². The van der Waals surface area contributed by atoms with Gasteiger partial charge in [0.2, 0.25) is 5.91 Å². The zero-order valence-electron chi connectivity index (χ0n) is 10.9. The Hall–Kier alpha value is -2.96. The lowest BCUT2D eigenvalue weighted by Gasteiger charge is -2.27. The number of carbonyl (C=O) groups excluding carboxylic acids is 2. The van der Waals surface area contributed by atoms with Gasteiger partial charge < -0.3 is 5.11 Å². The van der Waals surface area contributed by atoms with Gasteiger partial charge in [-0.05, 0) is 24.3 Å². The Morgan fingerprint density at radius 2 is 2.10 bits per heavy atom. The standard InChI is InChI=1S/C14H11N3O4/c18-11-5-7-17(14(21)16-11)10-4-3-9(13(19)20)12-8(10)2-1-6-15-12/h1-4,6H,5,7H2,(H,19,20)(H,16,18,21). The van der Waals surface area contributed by atoms with Gasteiger partial charge in [-0.2, -0.15) is 0 Å². The molecule has 0 aliphatic carbocycles. The van der Waals surface area contributed by atoms with Gasteiger partial charge >= 0.3 is 12.0 Å². The van der Waals surface area contributed by atoms with Crippen LogP contribution in [0, 0.1) is 0 Å². The van der Waals surface area contributed by atoms with Crippen LogP contribution < -0.4 is 10.2 Å². The number of rotatable bonds is 2. The van der Waals surface area contributed by atoms with Gasteiger partial charge in [0.25, 0.3) is 0 Å². The summed E-state index contributed by atoms with van der Waals surface area (Å²) < 4.78 is 0. The van der Waals surface area contributed by atoms with E-state index in [1.54, 1.807) is 18.2 Å². The number of urea groups is 1. The molecule has 7 heteroatoms. The van der Waals surface area contributed by atoms with E-state index < -0.39 is 12.0 Å². The minimum Gasteiger partial charge on any atom is -0.478 e. The summed E-state index contributed by atoms with van der Waals surface area (Å²) in [5, 5.41) is 12.0. The maximum Gasteiger partial charge on any atom is 0.337 e. The number of nitrogens with zero attached hydrogens (tertiary/aromatic N) is 2. The molecule has 2 heterocycles. The summed E-state index contributed by atoms with van der Waals surface area (Å²) in [5.41, 5.74) is 0.920. The molecule has 0 spiro atoms. The van der Waals surface area contributed by atoms with Crippen LogP contribution in [-0.2, 0) is 4.79 Å². The Morgan fingerprint density at radius 3 is 2.81 bits per heavy atom. The molecule has 3 rings (SSSR count). The molecule has 1 aromatic carbocycles. The zero-order chi connectivity index (χ0) is 15.0. The Labute approximate surface area is 119 Å². The van der Waals surface area contributed by atoms with Crippen LogP contribution in [0.5, 0.6) is 0 Å². The fraction of sp³-hybridized carbons (Fsp3) is 0.143. The molecule has 1 aliphatic rings. The number of anilines is 1. The van der Waals surface area contributed by atoms with E-state index in [1.165, 1.54) is 17.2 Å². The van der Waals surface area contributed by atoms with Crippen molar-refractivity contribution in [1.29, 1.82) is 0 Å². The number of carboxylic acids is 1. The Bertz CT molecular complexity index is 772. The van der Waals surface area contributed by atoms with Crippen LogP contribution in [0.2, 0.25) is 0 Å². The average Bonchev–Trinajstić information content (AvgIpc) is 2.46. The summed E-state index contributed by atoms with van der Waals surface area (Å²) in [6.45, 7) is 0.251. The number of benzene rings is 1. The molecule has 1 fully saturated rings. The number of nitrogens with one attached hydrogen (secondary N) is 1. The second-order valence-electron chi connectivity index (χ2n) is 4.59. The third-order valence-corrected chi connectivity index (χ3v) is 3.32. The first-order chi connectivity index (χ1) is 10.1. The van der Waals surface area contributed by atoms with Crippen LogP contribution in [0.15, 0.2) is 30.5 Å². The van der Waals surface area contributed by atoms with E-state index in [0.717, 1.165) is 0 Å². The largest absolute Gasteiger partial charge is 0.478 e. The minimum atomic E-state index is -1.08. The molecule has 0 unspecified atom stereocenters. The second kappa shape index (κ2) is 4.86. The highest BCUT2D eigenvalue weighted by atomic mass is 16.4. The van der Waals surface area contributed by atoms with Crippen molar-refractivity contribution in [3.8, 4) is 0 Å². The summed E-state index contributed by atoms with van der Waals surface area (Å²) in [5.74, 6) is -1.40. The van der Waals surface area contributed by atoms with Crippen molar-refractivity contribution in [2.75, 3.05) is 11.4 Å². The van der Waals surface area contributed by atoms with E-state index >= 15 is 0 Å². The van der Waals surface area contributed by atoms with E-state index in [4.69, 9.17) is 0 Å². The normalized spacial score (nSPS) is 15.1. The molecule has 3 amide bonds. The van der Waals surface area contributed by atoms with Gasteiger partial charge in [0.1, 0.15) is 0 Å². The molecular formula is C14H11N3O4. The van der Waals surface area contributed by atoms with Gasteiger partial charge in [-0.15, -0.1) is 0 Å². The predicted molar refractivity (Wildman–Crippen MR) is 74.2 cm³/mol. The van der Waals surface area contributed by atoms with Crippen LogP contribution in [0.4, 0.5) is 10.5 Å². The van der Waals surface area contributed by atoms with Gasteiger partial charge in [-0.25, -0.2) is 9.59 Å². The Morgan fingerprint density at radius 1 is 1.29 bits per heavy atom. The lowest BCUT2D eigenvalue weighted by atomic mass is 10.1. The van der Waals surface area contributed by atoms with Crippen molar-refractivity contribution in [2.45, 2.75) is 6.42 Å². The molecular weight excluding hydrogens is 274 g/mol. The molecule has 1 aromatic heterocycles. The number of aromatic carboxylic acids is 1. The third-order valence-electron chi connectivity index (χ3n) is 3.32. The summed E-state index contributed by atoms with van der Waals surface area (Å²) in [6, 6.07) is 5.83. The van der Waals surface area contributed by atoms with Crippen LogP contribution in [-0.4, -0.2) is 34.5 Å². The number of hydrogen-bond donors (Lipinski definition) is 2. The lowest BCUT2D eigenvalue weighted by Crippen LogP contribution is -2.49. The summed E-state index contributed by atoms with van der Waals surface area (Å²) in [4.78, 5) is 39.9. The number of hydrogen-bond acceptors (Lipinski definition) is 4. The van der Waals surface area contributed by atoms with Gasteiger partial charge in [0.05, 0.1) is 16.8 Å². The number of carbonyl (C=O) groups is 3. The fourth-order valence-corrected chi connectivity index (χ4v) is 2.36. The topological polar surface area (TPSA) is 99.6 Å². The molecule has 1 aliphatic heterocycles. The molecule has 2 aromatic rings. The maximum absolute atomic E-state index is 11.9. The van der Waals surface area contributed by atoms with Crippen molar-refractivity contribution in [3.63, 3.8) is 0 Å². The van der Waals surface area contributed by atoms with Crippen molar-refractivity contribution < 1.29 is 19.5 Å². The molecule has 0 bridgehead atoms. The fourth-order valence-electron chi connectivity index (χ4n) is 2.36. The number of fused-ring (bicyclic) bond motifs is 1. The smallest absolute Gasteiger partial charge is 0.337 e. The van der Waals surface area contributed by atoms with E-state index in [-0.39, 0.29) is 24.4 Å². The number of aromatic nitrogens is 1. The van der Waals surface area contributed by atoms with E-state index in [0.29, 0.717) is 16.6 Å². The highest BCUT2D eigenvalue weighted by molar-refractivity contribution is 6.12. The first kappa shape index (κ1) is 13.0. The maximum atomic E-state index is 11.9. The minimum absolute atomic E-state index is 0.0721. The Balaban J connectivity index is 2.16. The van der Waals surface area contributed by atoms with Crippen LogP contribution in [0.3, 0.4) is 0 Å². The molecule has 7 nitrogen and oxygen atoms in total. The highest BCUT2D eigenvalue weighted by Gasteiger charge is 2.26. The number of imide groups is 1. The van der Waals surface area contributed by atoms with Crippen LogP contribution in [0.25, 0.3) is 10.9 Å². The predicted octanol–water partition coefficient (Wildman–Crippen LogP) is 1.38. The quantitative estimate of drug-likeness (QED) is 0.868. The number of carboxylic acid groups (broad SMARTS) is 1. The number of pyridine rings is 1. The van der Waals surface area contributed by atoms with Gasteiger partial charge in [0.15, 0.2) is 0 Å². The summed E-state index contributed by atoms with van der Waals surface area (Å²) in [6.07, 6.45) is 1.70. The SMILES string of the molecule is O=C1CCN(c2ccc(C(=O)O)c3ncccc23)C(=O)N1. The highest BCUT2D eigenvalue weighted by Crippen LogP contribution is 2.29. The van der Waals surface area contributed by atoms with E-state index in [1.807, 2.05) is 0 Å². The average molecular weight is 285 g/mol. The summed E-state index contributed by atoms with van der Waals surface area (Å²) >= 11 is 0. The van der Waals surface area contributed by atoms with Crippen molar-refractivity contribution in [3.05, 3.63) is 36.0 Å². The summed E-state index contributed by atoms with van der Waals surface area (Å²) in [7, 11) is 0. The van der Waals surface area contributed by atoms with Gasteiger partial charge in [0, 0.05) is 24.5 Å². The van der Waals surface area contributed by atoms with Crippen LogP contribution in [0.1, 0.15) is 16.8 Å². The Kier molecular flexibility index (Phi) is 3.02. The van der Waals surface area contributed by atoms with E-state index in [9.17, 15) is 19.5 Å².